The van der Waals surface area contributed by atoms with E-state index in [1.54, 1.807) is 11.9 Å². The molecule has 1 aliphatic heterocycles. The minimum atomic E-state index is -0.883. The van der Waals surface area contributed by atoms with Crippen LogP contribution in [0.3, 0.4) is 0 Å². The maximum Gasteiger partial charge on any atom is 0.317 e. The predicted molar refractivity (Wildman–Crippen MR) is 73.2 cm³/mol. The van der Waals surface area contributed by atoms with Gasteiger partial charge in [-0.15, -0.1) is 0 Å². The summed E-state index contributed by atoms with van der Waals surface area (Å²) in [7, 11) is 1.75. The second-order valence-electron chi connectivity index (χ2n) is 5.12. The third-order valence-corrected chi connectivity index (χ3v) is 3.54. The standard InChI is InChI=1S/C13H25N3O3/c1-3-11(10-12(17)18)14-13(19)15(2)8-9-16-6-4-5-7-16/h11H,3-10H2,1-2H3,(H,14,19)(H,17,18). The molecule has 0 spiro atoms. The second-order valence-corrected chi connectivity index (χ2v) is 5.12. The van der Waals surface area contributed by atoms with Crippen LogP contribution in [0.1, 0.15) is 32.6 Å². The fourth-order valence-corrected chi connectivity index (χ4v) is 2.19. The fourth-order valence-electron chi connectivity index (χ4n) is 2.19. The molecule has 19 heavy (non-hydrogen) atoms. The Morgan fingerprint density at radius 1 is 1.37 bits per heavy atom. The van der Waals surface area contributed by atoms with Crippen molar-refractivity contribution in [2.24, 2.45) is 0 Å². The smallest absolute Gasteiger partial charge is 0.317 e. The highest BCUT2D eigenvalue weighted by Crippen LogP contribution is 2.06. The van der Waals surface area contributed by atoms with Gasteiger partial charge in [0, 0.05) is 26.2 Å². The van der Waals surface area contributed by atoms with Crippen molar-refractivity contribution >= 4 is 12.0 Å². The van der Waals surface area contributed by atoms with Gasteiger partial charge in [-0.2, -0.15) is 0 Å². The average molecular weight is 271 g/mol. The molecule has 1 rings (SSSR count). The normalized spacial score (nSPS) is 17.2. The largest absolute Gasteiger partial charge is 0.481 e. The highest BCUT2D eigenvalue weighted by Gasteiger charge is 2.18. The summed E-state index contributed by atoms with van der Waals surface area (Å²) < 4.78 is 0. The Bertz CT molecular complexity index is 304. The SMILES string of the molecule is CCC(CC(=O)O)NC(=O)N(C)CCN1CCCC1. The number of carbonyl (C=O) groups excluding carboxylic acids is 1. The maximum atomic E-state index is 11.9. The summed E-state index contributed by atoms with van der Waals surface area (Å²) in [5, 5.41) is 11.5. The van der Waals surface area contributed by atoms with Crippen LogP contribution in [-0.4, -0.2) is 66.2 Å². The molecule has 1 atom stereocenters. The van der Waals surface area contributed by atoms with Crippen molar-refractivity contribution in [3.8, 4) is 0 Å². The van der Waals surface area contributed by atoms with Gasteiger partial charge in [-0.1, -0.05) is 6.92 Å². The van der Waals surface area contributed by atoms with Crippen molar-refractivity contribution in [3.63, 3.8) is 0 Å². The van der Waals surface area contributed by atoms with Crippen LogP contribution in [0.4, 0.5) is 4.79 Å². The number of urea groups is 1. The lowest BCUT2D eigenvalue weighted by Gasteiger charge is -2.24. The van der Waals surface area contributed by atoms with E-state index in [4.69, 9.17) is 5.11 Å². The number of aliphatic carboxylic acids is 1. The molecular formula is C13H25N3O3. The van der Waals surface area contributed by atoms with Gasteiger partial charge in [-0.25, -0.2) is 4.79 Å². The number of likely N-dealkylation sites (N-methyl/N-ethyl adjacent to an activating group) is 1. The second kappa shape index (κ2) is 7.99. The number of nitrogens with zero attached hydrogens (tertiary/aromatic N) is 2. The van der Waals surface area contributed by atoms with E-state index in [1.165, 1.54) is 12.8 Å². The summed E-state index contributed by atoms with van der Waals surface area (Å²) in [4.78, 5) is 26.5. The van der Waals surface area contributed by atoms with E-state index in [0.29, 0.717) is 13.0 Å². The Kier molecular flexibility index (Phi) is 6.62. The molecule has 0 aromatic heterocycles. The number of hydrogen-bond donors (Lipinski definition) is 2. The van der Waals surface area contributed by atoms with Gasteiger partial charge in [0.2, 0.25) is 0 Å². The molecule has 0 bridgehead atoms. The molecule has 0 radical (unpaired) electrons. The van der Waals surface area contributed by atoms with Crippen molar-refractivity contribution < 1.29 is 14.7 Å². The van der Waals surface area contributed by atoms with Gasteiger partial charge in [0.1, 0.15) is 0 Å². The first-order valence-electron chi connectivity index (χ1n) is 6.98. The monoisotopic (exact) mass is 271 g/mol. The first kappa shape index (κ1) is 15.8. The van der Waals surface area contributed by atoms with Crippen molar-refractivity contribution in [2.75, 3.05) is 33.2 Å². The Morgan fingerprint density at radius 3 is 2.53 bits per heavy atom. The van der Waals surface area contributed by atoms with E-state index in [2.05, 4.69) is 10.2 Å². The summed E-state index contributed by atoms with van der Waals surface area (Å²) in [6.07, 6.45) is 3.08. The van der Waals surface area contributed by atoms with Crippen molar-refractivity contribution in [1.29, 1.82) is 0 Å². The molecular weight excluding hydrogens is 246 g/mol. The number of rotatable bonds is 7. The number of carbonyl (C=O) groups is 2. The fraction of sp³-hybridized carbons (Fsp3) is 0.846. The lowest BCUT2D eigenvalue weighted by Crippen LogP contribution is -2.45. The number of amides is 2. The summed E-state index contributed by atoms with van der Waals surface area (Å²) in [6.45, 7) is 5.67. The molecule has 0 aliphatic carbocycles. The van der Waals surface area contributed by atoms with Crippen molar-refractivity contribution in [1.82, 2.24) is 15.1 Å². The Balaban J connectivity index is 2.27. The molecule has 0 saturated carbocycles. The first-order chi connectivity index (χ1) is 9.02. The molecule has 1 unspecified atom stereocenters. The lowest BCUT2D eigenvalue weighted by molar-refractivity contribution is -0.137. The Labute approximate surface area is 114 Å². The zero-order valence-electron chi connectivity index (χ0n) is 11.9. The van der Waals surface area contributed by atoms with Crippen LogP contribution >= 0.6 is 0 Å². The summed E-state index contributed by atoms with van der Waals surface area (Å²) >= 11 is 0. The van der Waals surface area contributed by atoms with Crippen LogP contribution in [0.25, 0.3) is 0 Å². The van der Waals surface area contributed by atoms with Crippen LogP contribution in [0.15, 0.2) is 0 Å². The number of carboxylic acids is 1. The highest BCUT2D eigenvalue weighted by molar-refractivity contribution is 5.75. The van der Waals surface area contributed by atoms with Crippen LogP contribution in [0.2, 0.25) is 0 Å². The van der Waals surface area contributed by atoms with E-state index in [1.807, 2.05) is 6.92 Å². The first-order valence-corrected chi connectivity index (χ1v) is 6.98. The predicted octanol–water partition coefficient (Wildman–Crippen LogP) is 0.977. The van der Waals surface area contributed by atoms with Crippen LogP contribution in [0.5, 0.6) is 0 Å². The number of nitrogens with one attached hydrogen (secondary N) is 1. The van der Waals surface area contributed by atoms with E-state index in [9.17, 15) is 9.59 Å². The molecule has 110 valence electrons. The Morgan fingerprint density at radius 2 is 2.00 bits per heavy atom. The van der Waals surface area contributed by atoms with Gasteiger partial charge in [0.05, 0.1) is 6.42 Å². The van der Waals surface area contributed by atoms with Gasteiger partial charge in [0.25, 0.3) is 0 Å². The zero-order chi connectivity index (χ0) is 14.3. The molecule has 1 saturated heterocycles. The summed E-state index contributed by atoms with van der Waals surface area (Å²) in [5.41, 5.74) is 0. The van der Waals surface area contributed by atoms with Crippen LogP contribution < -0.4 is 5.32 Å². The quantitative estimate of drug-likeness (QED) is 0.724. The number of likely N-dealkylation sites (tertiary alicyclic amines) is 1. The molecule has 1 fully saturated rings. The molecule has 6 nitrogen and oxygen atoms in total. The van der Waals surface area contributed by atoms with Gasteiger partial charge in [0.15, 0.2) is 0 Å². The van der Waals surface area contributed by atoms with E-state index in [0.717, 1.165) is 19.6 Å². The lowest BCUT2D eigenvalue weighted by atomic mass is 10.1. The third kappa shape index (κ3) is 5.92. The van der Waals surface area contributed by atoms with Crippen molar-refractivity contribution in [2.45, 2.75) is 38.6 Å². The highest BCUT2D eigenvalue weighted by atomic mass is 16.4. The van der Waals surface area contributed by atoms with Gasteiger partial charge >= 0.3 is 12.0 Å². The van der Waals surface area contributed by atoms with Crippen LogP contribution in [0, 0.1) is 0 Å². The molecule has 1 aliphatic rings. The molecule has 0 aromatic carbocycles. The third-order valence-electron chi connectivity index (χ3n) is 3.54. The van der Waals surface area contributed by atoms with Gasteiger partial charge in [-0.05, 0) is 32.4 Å². The topological polar surface area (TPSA) is 72.9 Å². The molecule has 2 amide bonds. The molecule has 0 aromatic rings. The van der Waals surface area contributed by atoms with Gasteiger partial charge in [-0.3, -0.25) is 4.79 Å². The van der Waals surface area contributed by atoms with Crippen LogP contribution in [-0.2, 0) is 4.79 Å². The molecule has 1 heterocycles. The number of carboxylic acid groups (broad SMARTS) is 1. The summed E-state index contributed by atoms with van der Waals surface area (Å²) in [5.74, 6) is -0.883. The van der Waals surface area contributed by atoms with E-state index in [-0.39, 0.29) is 18.5 Å². The molecule has 6 heteroatoms. The zero-order valence-corrected chi connectivity index (χ0v) is 11.9. The minimum absolute atomic E-state index is 0.0256. The van der Waals surface area contributed by atoms with E-state index < -0.39 is 5.97 Å². The van der Waals surface area contributed by atoms with Crippen molar-refractivity contribution in [3.05, 3.63) is 0 Å². The number of hydrogen-bond acceptors (Lipinski definition) is 3. The van der Waals surface area contributed by atoms with Gasteiger partial charge < -0.3 is 20.2 Å². The summed E-state index contributed by atoms with van der Waals surface area (Å²) in [6, 6.07) is -0.480. The maximum absolute atomic E-state index is 11.9. The Hall–Kier alpha value is -1.30. The molecule has 2 N–H and O–H groups in total. The average Bonchev–Trinajstić information content (AvgIpc) is 2.87. The van der Waals surface area contributed by atoms with E-state index >= 15 is 0 Å². The minimum Gasteiger partial charge on any atom is -0.481 e.